The Morgan fingerprint density at radius 2 is 1.96 bits per heavy atom. The summed E-state index contributed by atoms with van der Waals surface area (Å²) in [5.74, 6) is -0.995. The fraction of sp³-hybridized carbons (Fsp3) is 0.500. The molecule has 0 radical (unpaired) electrons. The summed E-state index contributed by atoms with van der Waals surface area (Å²) in [4.78, 5) is 23.7. The van der Waals surface area contributed by atoms with Crippen molar-refractivity contribution in [1.82, 2.24) is 5.32 Å². The van der Waals surface area contributed by atoms with Gasteiger partial charge in [-0.15, -0.1) is 0 Å². The van der Waals surface area contributed by atoms with Gasteiger partial charge < -0.3 is 10.1 Å². The largest absolute Gasteiger partial charge is 0.455 e. The van der Waals surface area contributed by atoms with E-state index < -0.39 is 17.4 Å². The Labute approximate surface area is 137 Å². The van der Waals surface area contributed by atoms with Crippen molar-refractivity contribution in [2.45, 2.75) is 46.6 Å². The zero-order valence-corrected chi connectivity index (χ0v) is 14.4. The lowest BCUT2D eigenvalue weighted by Crippen LogP contribution is -2.50. The molecule has 0 aromatic heterocycles. The normalized spacial score (nSPS) is 13.1. The number of benzene rings is 1. The summed E-state index contributed by atoms with van der Waals surface area (Å²) in [6.45, 7) is 8.93. The van der Waals surface area contributed by atoms with Gasteiger partial charge in [0.25, 0.3) is 5.91 Å². The number of carbonyl (C=O) groups is 2. The van der Waals surface area contributed by atoms with Crippen molar-refractivity contribution in [3.63, 3.8) is 0 Å². The van der Waals surface area contributed by atoms with Gasteiger partial charge in [0.15, 0.2) is 6.61 Å². The minimum atomic E-state index is -0.975. The summed E-state index contributed by atoms with van der Waals surface area (Å²) in [7, 11) is 0. The van der Waals surface area contributed by atoms with Gasteiger partial charge in [0.1, 0.15) is 5.54 Å². The Morgan fingerprint density at radius 3 is 2.48 bits per heavy atom. The van der Waals surface area contributed by atoms with Crippen molar-refractivity contribution in [3.8, 4) is 6.07 Å². The SMILES string of the molecule is Cc1ccc(CC(=O)OCC(=O)N[C@](C)(C#N)C(C)C)cc1C. The minimum absolute atomic E-state index is 0.0531. The van der Waals surface area contributed by atoms with Gasteiger partial charge in [-0.25, -0.2) is 0 Å². The molecule has 0 fully saturated rings. The lowest BCUT2D eigenvalue weighted by molar-refractivity contribution is -0.148. The number of carbonyl (C=O) groups excluding carboxylic acids is 2. The highest BCUT2D eigenvalue weighted by Crippen LogP contribution is 2.15. The summed E-state index contributed by atoms with van der Waals surface area (Å²) in [5, 5.41) is 11.8. The maximum absolute atomic E-state index is 11.8. The number of amides is 1. The van der Waals surface area contributed by atoms with Crippen molar-refractivity contribution < 1.29 is 14.3 Å². The van der Waals surface area contributed by atoms with E-state index in [0.29, 0.717) is 0 Å². The van der Waals surface area contributed by atoms with Crippen molar-refractivity contribution >= 4 is 11.9 Å². The molecule has 1 aromatic carbocycles. The molecule has 1 aromatic rings. The van der Waals surface area contributed by atoms with Gasteiger partial charge in [-0.05, 0) is 43.4 Å². The fourth-order valence-electron chi connectivity index (χ4n) is 1.90. The van der Waals surface area contributed by atoms with Crippen LogP contribution in [0.4, 0.5) is 0 Å². The van der Waals surface area contributed by atoms with Crippen LogP contribution < -0.4 is 5.32 Å². The zero-order valence-electron chi connectivity index (χ0n) is 14.4. The second-order valence-electron chi connectivity index (χ2n) is 6.27. The Balaban J connectivity index is 2.51. The number of aryl methyl sites for hydroxylation is 2. The van der Waals surface area contributed by atoms with Crippen molar-refractivity contribution in [1.29, 1.82) is 5.26 Å². The molecule has 0 spiro atoms. The van der Waals surface area contributed by atoms with Gasteiger partial charge in [-0.1, -0.05) is 32.0 Å². The summed E-state index contributed by atoms with van der Waals surface area (Å²) in [6, 6.07) is 7.83. The van der Waals surface area contributed by atoms with E-state index in [1.54, 1.807) is 6.92 Å². The lowest BCUT2D eigenvalue weighted by atomic mass is 9.90. The molecule has 0 bridgehead atoms. The summed E-state index contributed by atoms with van der Waals surface area (Å²) in [6.07, 6.45) is 0.119. The number of ether oxygens (including phenoxy) is 1. The monoisotopic (exact) mass is 316 g/mol. The number of nitrogens with one attached hydrogen (secondary N) is 1. The number of esters is 1. The Kier molecular flexibility index (Phi) is 6.32. The molecule has 0 aliphatic carbocycles. The Hall–Kier alpha value is -2.35. The maximum Gasteiger partial charge on any atom is 0.310 e. The first-order valence-corrected chi connectivity index (χ1v) is 7.62. The molecule has 1 rings (SSSR count). The van der Waals surface area contributed by atoms with Gasteiger partial charge in [0.2, 0.25) is 0 Å². The van der Waals surface area contributed by atoms with E-state index in [-0.39, 0.29) is 18.9 Å². The van der Waals surface area contributed by atoms with Crippen LogP contribution in [0.2, 0.25) is 0 Å². The highest BCUT2D eigenvalue weighted by Gasteiger charge is 2.30. The molecule has 5 nitrogen and oxygen atoms in total. The van der Waals surface area contributed by atoms with Gasteiger partial charge in [0, 0.05) is 0 Å². The maximum atomic E-state index is 11.8. The molecular formula is C18H24N2O3. The van der Waals surface area contributed by atoms with E-state index >= 15 is 0 Å². The van der Waals surface area contributed by atoms with Crippen LogP contribution in [0.1, 0.15) is 37.5 Å². The first-order valence-electron chi connectivity index (χ1n) is 7.62. The number of nitrogens with zero attached hydrogens (tertiary/aromatic N) is 1. The average Bonchev–Trinajstić information content (AvgIpc) is 2.48. The van der Waals surface area contributed by atoms with Crippen LogP contribution in [0.5, 0.6) is 0 Å². The van der Waals surface area contributed by atoms with Crippen LogP contribution in [0.25, 0.3) is 0 Å². The van der Waals surface area contributed by atoms with Crippen molar-refractivity contribution in [3.05, 3.63) is 34.9 Å². The van der Waals surface area contributed by atoms with Crippen molar-refractivity contribution in [2.75, 3.05) is 6.61 Å². The van der Waals surface area contributed by atoms with Crippen molar-refractivity contribution in [2.24, 2.45) is 5.92 Å². The van der Waals surface area contributed by atoms with Gasteiger partial charge in [-0.2, -0.15) is 5.26 Å². The molecule has 0 unspecified atom stereocenters. The van der Waals surface area contributed by atoms with Gasteiger partial charge in [0.05, 0.1) is 12.5 Å². The Morgan fingerprint density at radius 1 is 1.30 bits per heavy atom. The molecular weight excluding hydrogens is 292 g/mol. The number of hydrogen-bond donors (Lipinski definition) is 1. The molecule has 1 N–H and O–H groups in total. The zero-order chi connectivity index (χ0) is 17.6. The van der Waals surface area contributed by atoms with E-state index in [0.717, 1.165) is 16.7 Å². The predicted octanol–water partition coefficient (Wildman–Crippen LogP) is 2.44. The molecule has 0 heterocycles. The highest BCUT2D eigenvalue weighted by molar-refractivity contribution is 5.82. The number of nitriles is 1. The first kappa shape index (κ1) is 18.7. The Bertz CT molecular complexity index is 632. The van der Waals surface area contributed by atoms with E-state index in [4.69, 9.17) is 10.00 Å². The van der Waals surface area contributed by atoms with Crippen LogP contribution in [-0.2, 0) is 20.7 Å². The summed E-state index contributed by atoms with van der Waals surface area (Å²) in [5.41, 5.74) is 2.14. The van der Waals surface area contributed by atoms with Gasteiger partial charge in [-0.3, -0.25) is 9.59 Å². The van der Waals surface area contributed by atoms with Gasteiger partial charge >= 0.3 is 5.97 Å². The van der Waals surface area contributed by atoms with Crippen LogP contribution in [-0.4, -0.2) is 24.0 Å². The second-order valence-corrected chi connectivity index (χ2v) is 6.27. The molecule has 0 aliphatic rings. The average molecular weight is 316 g/mol. The molecule has 23 heavy (non-hydrogen) atoms. The molecule has 0 aliphatic heterocycles. The third-order valence-corrected chi connectivity index (χ3v) is 4.07. The quantitative estimate of drug-likeness (QED) is 0.818. The molecule has 124 valence electrons. The number of rotatable bonds is 6. The summed E-state index contributed by atoms with van der Waals surface area (Å²) >= 11 is 0. The van der Waals surface area contributed by atoms with E-state index in [2.05, 4.69) is 11.4 Å². The fourth-order valence-corrected chi connectivity index (χ4v) is 1.90. The van der Waals surface area contributed by atoms with E-state index in [1.165, 1.54) is 0 Å². The molecule has 5 heteroatoms. The molecule has 1 atom stereocenters. The molecule has 1 amide bonds. The lowest BCUT2D eigenvalue weighted by Gasteiger charge is -2.27. The smallest absolute Gasteiger partial charge is 0.310 e. The topological polar surface area (TPSA) is 79.2 Å². The molecule has 0 saturated carbocycles. The first-order chi connectivity index (χ1) is 10.7. The highest BCUT2D eigenvalue weighted by atomic mass is 16.5. The third-order valence-electron chi connectivity index (χ3n) is 4.07. The molecule has 0 saturated heterocycles. The van der Waals surface area contributed by atoms with E-state index in [9.17, 15) is 9.59 Å². The second kappa shape index (κ2) is 7.77. The van der Waals surface area contributed by atoms with Crippen LogP contribution in [0, 0.1) is 31.1 Å². The standard InChI is InChI=1S/C18H24N2O3/c1-12(2)18(5,11-19)20-16(21)10-23-17(22)9-15-7-6-13(3)14(4)8-15/h6-8,12H,9-10H2,1-5H3,(H,20,21)/t18-/m1/s1. The summed E-state index contributed by atoms with van der Waals surface area (Å²) < 4.78 is 4.99. The van der Waals surface area contributed by atoms with Crippen LogP contribution in [0.15, 0.2) is 18.2 Å². The third kappa shape index (κ3) is 5.41. The number of hydrogen-bond acceptors (Lipinski definition) is 4. The predicted molar refractivity (Wildman–Crippen MR) is 87.6 cm³/mol. The van der Waals surface area contributed by atoms with Crippen LogP contribution >= 0.6 is 0 Å². The van der Waals surface area contributed by atoms with Crippen LogP contribution in [0.3, 0.4) is 0 Å². The van der Waals surface area contributed by atoms with E-state index in [1.807, 2.05) is 45.9 Å². The minimum Gasteiger partial charge on any atom is -0.455 e.